The van der Waals surface area contributed by atoms with E-state index in [1.54, 1.807) is 35.2 Å². The Morgan fingerprint density at radius 2 is 1.85 bits per heavy atom. The Hall–Kier alpha value is -2.13. The van der Waals surface area contributed by atoms with Crippen molar-refractivity contribution in [2.45, 2.75) is 6.42 Å². The number of Topliss-reactive ketones (excluding diaryl/α,β-unsaturated/α-hetero) is 1. The van der Waals surface area contributed by atoms with Crippen molar-refractivity contribution in [2.24, 2.45) is 0 Å². The van der Waals surface area contributed by atoms with Gasteiger partial charge in [-0.25, -0.2) is 0 Å². The third-order valence-electron chi connectivity index (χ3n) is 3.38. The Morgan fingerprint density at radius 3 is 2.60 bits per heavy atom. The molecule has 0 N–H and O–H groups in total. The molecule has 0 unspecified atom stereocenters. The average molecular weight is 286 g/mol. The summed E-state index contributed by atoms with van der Waals surface area (Å²) in [6.45, 7) is 0.389. The molecule has 1 aliphatic heterocycles. The van der Waals surface area contributed by atoms with Crippen LogP contribution in [0, 0.1) is 0 Å². The van der Waals surface area contributed by atoms with Crippen LogP contribution in [0.1, 0.15) is 27.1 Å². The van der Waals surface area contributed by atoms with Crippen molar-refractivity contribution in [3.05, 3.63) is 64.7 Å². The standard InChI is InChI=1S/C16H12ClNO2/c17-12-6-7-13-14(10-12)18(9-8-15(13)19)16(20)11-4-2-1-3-5-11/h1-7,10H,8-9H2. The summed E-state index contributed by atoms with van der Waals surface area (Å²) >= 11 is 5.99. The Balaban J connectivity index is 2.05. The van der Waals surface area contributed by atoms with E-state index in [1.807, 2.05) is 18.2 Å². The number of fused-ring (bicyclic) bond motifs is 1. The van der Waals surface area contributed by atoms with Gasteiger partial charge in [0.1, 0.15) is 0 Å². The number of hydrogen-bond acceptors (Lipinski definition) is 2. The van der Waals surface area contributed by atoms with E-state index in [0.717, 1.165) is 0 Å². The number of hydrogen-bond donors (Lipinski definition) is 0. The molecule has 2 aromatic rings. The van der Waals surface area contributed by atoms with Gasteiger partial charge >= 0.3 is 0 Å². The fourth-order valence-corrected chi connectivity index (χ4v) is 2.55. The van der Waals surface area contributed by atoms with E-state index in [1.165, 1.54) is 0 Å². The van der Waals surface area contributed by atoms with Gasteiger partial charge in [0.05, 0.1) is 5.69 Å². The van der Waals surface area contributed by atoms with E-state index in [0.29, 0.717) is 34.8 Å². The summed E-state index contributed by atoms with van der Waals surface area (Å²) in [7, 11) is 0. The van der Waals surface area contributed by atoms with Crippen molar-refractivity contribution in [3.8, 4) is 0 Å². The highest BCUT2D eigenvalue weighted by atomic mass is 35.5. The lowest BCUT2D eigenvalue weighted by Gasteiger charge is -2.29. The molecule has 1 aliphatic rings. The van der Waals surface area contributed by atoms with Crippen LogP contribution in [-0.2, 0) is 0 Å². The lowest BCUT2D eigenvalue weighted by Crippen LogP contribution is -2.37. The van der Waals surface area contributed by atoms with Crippen LogP contribution in [0.5, 0.6) is 0 Å². The number of halogens is 1. The molecule has 4 heteroatoms. The van der Waals surface area contributed by atoms with Crippen LogP contribution in [0.4, 0.5) is 5.69 Å². The van der Waals surface area contributed by atoms with Crippen LogP contribution in [-0.4, -0.2) is 18.2 Å². The maximum absolute atomic E-state index is 12.6. The number of benzene rings is 2. The molecular formula is C16H12ClNO2. The molecule has 1 heterocycles. The Kier molecular flexibility index (Phi) is 3.28. The predicted molar refractivity (Wildman–Crippen MR) is 78.5 cm³/mol. The van der Waals surface area contributed by atoms with Gasteiger partial charge < -0.3 is 4.90 Å². The van der Waals surface area contributed by atoms with Gasteiger partial charge in [0.25, 0.3) is 5.91 Å². The van der Waals surface area contributed by atoms with Gasteiger partial charge in [-0.05, 0) is 30.3 Å². The maximum Gasteiger partial charge on any atom is 0.258 e. The fourth-order valence-electron chi connectivity index (χ4n) is 2.38. The summed E-state index contributed by atoms with van der Waals surface area (Å²) in [5.41, 5.74) is 1.76. The van der Waals surface area contributed by atoms with E-state index in [4.69, 9.17) is 11.6 Å². The monoisotopic (exact) mass is 285 g/mol. The molecule has 0 spiro atoms. The molecule has 0 atom stereocenters. The van der Waals surface area contributed by atoms with Crippen molar-refractivity contribution in [2.75, 3.05) is 11.4 Å². The Bertz CT molecular complexity index is 682. The zero-order valence-corrected chi connectivity index (χ0v) is 11.4. The second-order valence-electron chi connectivity index (χ2n) is 4.66. The third-order valence-corrected chi connectivity index (χ3v) is 3.61. The van der Waals surface area contributed by atoms with E-state index in [-0.39, 0.29) is 11.7 Å². The SMILES string of the molecule is O=C1CCN(C(=O)c2ccccc2)c2cc(Cl)ccc21. The highest BCUT2D eigenvalue weighted by Crippen LogP contribution is 2.31. The minimum absolute atomic E-state index is 0.0498. The molecule has 0 aliphatic carbocycles. The summed E-state index contributed by atoms with van der Waals surface area (Å²) in [6, 6.07) is 14.1. The summed E-state index contributed by atoms with van der Waals surface area (Å²) in [5, 5.41) is 0.518. The van der Waals surface area contributed by atoms with Gasteiger partial charge in [0, 0.05) is 29.1 Å². The van der Waals surface area contributed by atoms with Crippen LogP contribution in [0.2, 0.25) is 5.02 Å². The minimum Gasteiger partial charge on any atom is -0.307 e. The number of rotatable bonds is 1. The number of carbonyl (C=O) groups is 2. The second-order valence-corrected chi connectivity index (χ2v) is 5.09. The number of anilines is 1. The van der Waals surface area contributed by atoms with Crippen LogP contribution < -0.4 is 4.90 Å². The summed E-state index contributed by atoms with van der Waals surface area (Å²) in [5.74, 6) is -0.0598. The first-order valence-electron chi connectivity index (χ1n) is 6.36. The Labute approximate surface area is 121 Å². The molecule has 3 rings (SSSR count). The quantitative estimate of drug-likeness (QED) is 0.803. The molecule has 0 fully saturated rings. The number of nitrogens with zero attached hydrogens (tertiary/aromatic N) is 1. The fraction of sp³-hybridized carbons (Fsp3) is 0.125. The summed E-state index contributed by atoms with van der Waals surface area (Å²) in [6.07, 6.45) is 0.340. The maximum atomic E-state index is 12.6. The normalized spacial score (nSPS) is 14.1. The first-order chi connectivity index (χ1) is 9.66. The molecule has 1 amide bonds. The zero-order valence-electron chi connectivity index (χ0n) is 10.7. The molecule has 2 aromatic carbocycles. The summed E-state index contributed by atoms with van der Waals surface area (Å²) < 4.78 is 0. The van der Waals surface area contributed by atoms with Crippen molar-refractivity contribution in [3.63, 3.8) is 0 Å². The first kappa shape index (κ1) is 12.9. The van der Waals surface area contributed by atoms with Crippen molar-refractivity contribution < 1.29 is 9.59 Å². The highest BCUT2D eigenvalue weighted by molar-refractivity contribution is 6.31. The highest BCUT2D eigenvalue weighted by Gasteiger charge is 2.27. The van der Waals surface area contributed by atoms with Crippen molar-refractivity contribution in [1.82, 2.24) is 0 Å². The van der Waals surface area contributed by atoms with Crippen LogP contribution in [0.3, 0.4) is 0 Å². The lowest BCUT2D eigenvalue weighted by molar-refractivity contribution is 0.0955. The van der Waals surface area contributed by atoms with Gasteiger partial charge in [0.2, 0.25) is 0 Å². The van der Waals surface area contributed by atoms with E-state index in [9.17, 15) is 9.59 Å². The number of ketones is 1. The minimum atomic E-state index is -0.110. The van der Waals surface area contributed by atoms with Crippen LogP contribution >= 0.6 is 11.6 Å². The first-order valence-corrected chi connectivity index (χ1v) is 6.74. The molecule has 0 saturated heterocycles. The third kappa shape index (κ3) is 2.21. The molecule has 0 radical (unpaired) electrons. The zero-order chi connectivity index (χ0) is 14.1. The summed E-state index contributed by atoms with van der Waals surface area (Å²) in [4.78, 5) is 26.1. The largest absolute Gasteiger partial charge is 0.307 e. The van der Waals surface area contributed by atoms with Gasteiger partial charge in [-0.3, -0.25) is 9.59 Å². The average Bonchev–Trinajstić information content (AvgIpc) is 2.48. The lowest BCUT2D eigenvalue weighted by atomic mass is 9.99. The molecular weight excluding hydrogens is 274 g/mol. The predicted octanol–water partition coefficient (Wildman–Crippen LogP) is 3.57. The molecule has 0 saturated carbocycles. The number of carbonyl (C=O) groups excluding carboxylic acids is 2. The van der Waals surface area contributed by atoms with Gasteiger partial charge in [-0.15, -0.1) is 0 Å². The molecule has 0 bridgehead atoms. The van der Waals surface area contributed by atoms with Crippen molar-refractivity contribution in [1.29, 1.82) is 0 Å². The Morgan fingerprint density at radius 1 is 1.10 bits per heavy atom. The molecule has 3 nitrogen and oxygen atoms in total. The van der Waals surface area contributed by atoms with Gasteiger partial charge in [-0.1, -0.05) is 29.8 Å². The van der Waals surface area contributed by atoms with E-state index in [2.05, 4.69) is 0 Å². The molecule has 20 heavy (non-hydrogen) atoms. The topological polar surface area (TPSA) is 37.4 Å². The van der Waals surface area contributed by atoms with Crippen LogP contribution in [0.15, 0.2) is 48.5 Å². The number of amides is 1. The second kappa shape index (κ2) is 5.10. The molecule has 100 valence electrons. The van der Waals surface area contributed by atoms with Gasteiger partial charge in [0.15, 0.2) is 5.78 Å². The van der Waals surface area contributed by atoms with E-state index >= 15 is 0 Å². The van der Waals surface area contributed by atoms with Crippen molar-refractivity contribution >= 4 is 29.0 Å². The van der Waals surface area contributed by atoms with E-state index < -0.39 is 0 Å². The van der Waals surface area contributed by atoms with Gasteiger partial charge in [-0.2, -0.15) is 0 Å². The smallest absolute Gasteiger partial charge is 0.258 e. The molecule has 0 aromatic heterocycles. The van der Waals surface area contributed by atoms with Crippen LogP contribution in [0.25, 0.3) is 0 Å².